The Balaban J connectivity index is 1.82. The molecule has 1 amide bonds. The molecule has 110 valence electrons. The SMILES string of the molecule is CC(NC(=O)C(N)CCc1ccccc1)c1ccccn1. The summed E-state index contributed by atoms with van der Waals surface area (Å²) in [6, 6.07) is 15.0. The van der Waals surface area contributed by atoms with E-state index in [1.54, 1.807) is 6.20 Å². The molecule has 0 aliphatic heterocycles. The zero-order valence-electron chi connectivity index (χ0n) is 12.2. The lowest BCUT2D eigenvalue weighted by Gasteiger charge is -2.17. The predicted molar refractivity (Wildman–Crippen MR) is 83.5 cm³/mol. The van der Waals surface area contributed by atoms with E-state index in [1.807, 2.05) is 55.5 Å². The van der Waals surface area contributed by atoms with Gasteiger partial charge < -0.3 is 11.1 Å². The van der Waals surface area contributed by atoms with Crippen LogP contribution in [0.4, 0.5) is 0 Å². The van der Waals surface area contributed by atoms with Crippen LogP contribution in [-0.2, 0) is 11.2 Å². The predicted octanol–water partition coefficient (Wildman–Crippen LogP) is 2.22. The number of carbonyl (C=O) groups is 1. The number of carbonyl (C=O) groups excluding carboxylic acids is 1. The van der Waals surface area contributed by atoms with E-state index >= 15 is 0 Å². The monoisotopic (exact) mass is 283 g/mol. The van der Waals surface area contributed by atoms with E-state index in [0.29, 0.717) is 6.42 Å². The summed E-state index contributed by atoms with van der Waals surface area (Å²) in [5.74, 6) is -0.135. The first-order valence-electron chi connectivity index (χ1n) is 7.17. The number of amides is 1. The van der Waals surface area contributed by atoms with Gasteiger partial charge in [-0.15, -0.1) is 0 Å². The molecule has 2 unspecified atom stereocenters. The van der Waals surface area contributed by atoms with Crippen molar-refractivity contribution in [1.29, 1.82) is 0 Å². The molecule has 4 nitrogen and oxygen atoms in total. The fraction of sp³-hybridized carbons (Fsp3) is 0.294. The maximum atomic E-state index is 12.1. The first-order chi connectivity index (χ1) is 10.2. The number of pyridine rings is 1. The molecular weight excluding hydrogens is 262 g/mol. The second kappa shape index (κ2) is 7.55. The van der Waals surface area contributed by atoms with Crippen LogP contribution in [0.15, 0.2) is 54.7 Å². The zero-order chi connectivity index (χ0) is 15.1. The number of hydrogen-bond donors (Lipinski definition) is 2. The second-order valence-corrected chi connectivity index (χ2v) is 5.12. The van der Waals surface area contributed by atoms with Gasteiger partial charge in [-0.25, -0.2) is 0 Å². The van der Waals surface area contributed by atoms with Gasteiger partial charge in [0, 0.05) is 6.20 Å². The molecule has 21 heavy (non-hydrogen) atoms. The molecule has 2 rings (SSSR count). The van der Waals surface area contributed by atoms with Gasteiger partial charge in [-0.2, -0.15) is 0 Å². The van der Waals surface area contributed by atoms with Crippen molar-refractivity contribution in [2.75, 3.05) is 0 Å². The number of rotatable bonds is 6. The number of aromatic nitrogens is 1. The lowest BCUT2D eigenvalue weighted by atomic mass is 10.0. The molecule has 3 N–H and O–H groups in total. The van der Waals surface area contributed by atoms with Crippen molar-refractivity contribution < 1.29 is 4.79 Å². The van der Waals surface area contributed by atoms with E-state index in [4.69, 9.17) is 5.73 Å². The Labute approximate surface area is 125 Å². The summed E-state index contributed by atoms with van der Waals surface area (Å²) in [4.78, 5) is 16.3. The smallest absolute Gasteiger partial charge is 0.237 e. The van der Waals surface area contributed by atoms with Crippen LogP contribution in [0, 0.1) is 0 Å². The summed E-state index contributed by atoms with van der Waals surface area (Å²) in [6.07, 6.45) is 3.14. The molecule has 0 aliphatic rings. The summed E-state index contributed by atoms with van der Waals surface area (Å²) < 4.78 is 0. The zero-order valence-corrected chi connectivity index (χ0v) is 12.2. The highest BCUT2D eigenvalue weighted by atomic mass is 16.2. The van der Waals surface area contributed by atoms with Crippen LogP contribution in [0.5, 0.6) is 0 Å². The van der Waals surface area contributed by atoms with E-state index in [2.05, 4.69) is 10.3 Å². The van der Waals surface area contributed by atoms with E-state index in [9.17, 15) is 4.79 Å². The van der Waals surface area contributed by atoms with Gasteiger partial charge in [0.1, 0.15) is 0 Å². The molecule has 2 aromatic rings. The van der Waals surface area contributed by atoms with Crippen molar-refractivity contribution in [2.45, 2.75) is 31.8 Å². The summed E-state index contributed by atoms with van der Waals surface area (Å²) in [7, 11) is 0. The standard InChI is InChI=1S/C17H21N3O/c1-13(16-9-5-6-12-19-16)20-17(21)15(18)11-10-14-7-3-2-4-8-14/h2-9,12-13,15H,10-11,18H2,1H3,(H,20,21). The van der Waals surface area contributed by atoms with Gasteiger partial charge in [-0.3, -0.25) is 9.78 Å². The lowest BCUT2D eigenvalue weighted by molar-refractivity contribution is -0.123. The molecule has 4 heteroatoms. The van der Waals surface area contributed by atoms with Gasteiger partial charge in [0.25, 0.3) is 0 Å². The quantitative estimate of drug-likeness (QED) is 0.854. The topological polar surface area (TPSA) is 68.0 Å². The van der Waals surface area contributed by atoms with Crippen molar-refractivity contribution in [2.24, 2.45) is 5.73 Å². The summed E-state index contributed by atoms with van der Waals surface area (Å²) in [5, 5.41) is 2.91. The summed E-state index contributed by atoms with van der Waals surface area (Å²) >= 11 is 0. The molecule has 1 heterocycles. The van der Waals surface area contributed by atoms with E-state index < -0.39 is 6.04 Å². The van der Waals surface area contributed by atoms with Crippen molar-refractivity contribution in [1.82, 2.24) is 10.3 Å². The van der Waals surface area contributed by atoms with Crippen molar-refractivity contribution in [3.05, 3.63) is 66.0 Å². The van der Waals surface area contributed by atoms with Crippen LogP contribution in [0.25, 0.3) is 0 Å². The van der Waals surface area contributed by atoms with Gasteiger partial charge in [-0.05, 0) is 37.5 Å². The first kappa shape index (κ1) is 15.2. The second-order valence-electron chi connectivity index (χ2n) is 5.12. The molecule has 2 atom stereocenters. The van der Waals surface area contributed by atoms with Crippen molar-refractivity contribution in [3.8, 4) is 0 Å². The number of benzene rings is 1. The minimum Gasteiger partial charge on any atom is -0.347 e. The minimum absolute atomic E-state index is 0.135. The van der Waals surface area contributed by atoms with Gasteiger partial charge in [-0.1, -0.05) is 36.4 Å². The normalized spacial score (nSPS) is 13.4. The van der Waals surface area contributed by atoms with E-state index in [0.717, 1.165) is 12.1 Å². The molecule has 0 radical (unpaired) electrons. The molecule has 0 bridgehead atoms. The number of nitrogens with zero attached hydrogens (tertiary/aromatic N) is 1. The number of hydrogen-bond acceptors (Lipinski definition) is 3. The third-order valence-corrected chi connectivity index (χ3v) is 3.41. The third kappa shape index (κ3) is 4.68. The number of aryl methyl sites for hydroxylation is 1. The Morgan fingerprint density at radius 1 is 1.19 bits per heavy atom. The molecule has 0 saturated carbocycles. The largest absolute Gasteiger partial charge is 0.347 e. The van der Waals surface area contributed by atoms with Gasteiger partial charge in [0.05, 0.1) is 17.8 Å². The molecule has 0 aliphatic carbocycles. The molecule has 0 saturated heterocycles. The van der Waals surface area contributed by atoms with Gasteiger partial charge >= 0.3 is 0 Å². The highest BCUT2D eigenvalue weighted by Crippen LogP contribution is 2.09. The molecule has 0 spiro atoms. The van der Waals surface area contributed by atoms with Gasteiger partial charge in [0.2, 0.25) is 5.91 Å². The van der Waals surface area contributed by atoms with Crippen LogP contribution in [0.1, 0.15) is 30.6 Å². The highest BCUT2D eigenvalue weighted by Gasteiger charge is 2.16. The Morgan fingerprint density at radius 2 is 1.90 bits per heavy atom. The van der Waals surface area contributed by atoms with E-state index in [1.165, 1.54) is 5.56 Å². The van der Waals surface area contributed by atoms with Crippen molar-refractivity contribution >= 4 is 5.91 Å². The number of nitrogens with two attached hydrogens (primary N) is 1. The average Bonchev–Trinajstić information content (AvgIpc) is 2.54. The maximum Gasteiger partial charge on any atom is 0.237 e. The third-order valence-electron chi connectivity index (χ3n) is 3.41. The fourth-order valence-corrected chi connectivity index (χ4v) is 2.12. The fourth-order valence-electron chi connectivity index (χ4n) is 2.12. The van der Waals surface area contributed by atoms with Crippen LogP contribution in [0.2, 0.25) is 0 Å². The molecule has 1 aromatic heterocycles. The Bertz CT molecular complexity index is 557. The number of nitrogens with one attached hydrogen (secondary N) is 1. The van der Waals surface area contributed by atoms with Crippen LogP contribution >= 0.6 is 0 Å². The minimum atomic E-state index is -0.503. The lowest BCUT2D eigenvalue weighted by Crippen LogP contribution is -2.42. The molecular formula is C17H21N3O. The average molecular weight is 283 g/mol. The summed E-state index contributed by atoms with van der Waals surface area (Å²) in [5.41, 5.74) is 7.99. The van der Waals surface area contributed by atoms with Crippen LogP contribution in [0.3, 0.4) is 0 Å². The summed E-state index contributed by atoms with van der Waals surface area (Å²) in [6.45, 7) is 1.91. The first-order valence-corrected chi connectivity index (χ1v) is 7.17. The van der Waals surface area contributed by atoms with Gasteiger partial charge in [0.15, 0.2) is 0 Å². The van der Waals surface area contributed by atoms with Crippen molar-refractivity contribution in [3.63, 3.8) is 0 Å². The van der Waals surface area contributed by atoms with E-state index in [-0.39, 0.29) is 11.9 Å². The highest BCUT2D eigenvalue weighted by molar-refractivity contribution is 5.81. The Hall–Kier alpha value is -2.20. The molecule has 0 fully saturated rings. The van der Waals surface area contributed by atoms with Crippen LogP contribution < -0.4 is 11.1 Å². The molecule has 1 aromatic carbocycles. The maximum absolute atomic E-state index is 12.1. The van der Waals surface area contributed by atoms with Crippen LogP contribution in [-0.4, -0.2) is 16.9 Å². The Morgan fingerprint density at radius 3 is 2.57 bits per heavy atom. The Kier molecular flexibility index (Phi) is 5.46.